The molecule has 1 fully saturated rings. The highest BCUT2D eigenvalue weighted by Gasteiger charge is 2.22. The number of aliphatic hydroxyl groups is 1. The van der Waals surface area contributed by atoms with Gasteiger partial charge in [-0.05, 0) is 49.6 Å². The van der Waals surface area contributed by atoms with Crippen molar-refractivity contribution in [2.75, 3.05) is 63.5 Å². The molecule has 1 saturated heterocycles. The number of nitrogens with one attached hydrogen (secondary N) is 4. The molecule has 10 heteroatoms. The molecule has 1 unspecified atom stereocenters. The van der Waals surface area contributed by atoms with Gasteiger partial charge < -0.3 is 31.3 Å². The van der Waals surface area contributed by atoms with Gasteiger partial charge in [0.15, 0.2) is 0 Å². The van der Waals surface area contributed by atoms with Crippen LogP contribution in [-0.2, 0) is 17.8 Å². The number of rotatable bonds is 11. The van der Waals surface area contributed by atoms with E-state index in [2.05, 4.69) is 49.4 Å². The van der Waals surface area contributed by atoms with Gasteiger partial charge in [0.2, 0.25) is 5.91 Å². The normalized spacial score (nSPS) is 17.0. The first-order valence-corrected chi connectivity index (χ1v) is 13.6. The second-order valence-electron chi connectivity index (χ2n) is 10.2. The smallest absolute Gasteiger partial charge is 0.251 e. The predicted octanol–water partition coefficient (Wildman–Crippen LogP) is 1.28. The Hall–Kier alpha value is -3.21. The molecule has 2 aromatic rings. The van der Waals surface area contributed by atoms with E-state index in [1.807, 2.05) is 18.0 Å². The van der Waals surface area contributed by atoms with E-state index in [9.17, 15) is 14.7 Å². The fourth-order valence-corrected chi connectivity index (χ4v) is 5.07. The van der Waals surface area contributed by atoms with Crippen LogP contribution >= 0.6 is 0 Å². The van der Waals surface area contributed by atoms with Crippen molar-refractivity contribution in [2.45, 2.75) is 44.9 Å². The molecule has 0 aliphatic carbocycles. The van der Waals surface area contributed by atoms with E-state index in [1.165, 1.54) is 11.1 Å². The van der Waals surface area contributed by atoms with Gasteiger partial charge in [-0.15, -0.1) is 0 Å². The lowest BCUT2D eigenvalue weighted by Crippen LogP contribution is -2.42. The standard InChI is InChI=1S/C28H41N7O3/c1-20(36)35-13-8-24(9-14-35)32-27-16-23(15-26(33-27)30-11-10-29-2)28(38)31-17-25(37)19-34-12-7-21-5-3-4-6-22(21)18-34/h3-6,15-16,24-25,29,37H,7-14,17-19H2,1-2H3,(H,31,38)(H2,30,32,33). The summed E-state index contributed by atoms with van der Waals surface area (Å²) in [5.41, 5.74) is 3.16. The molecule has 2 aliphatic rings. The number of carbonyl (C=O) groups excluding carboxylic acids is 2. The number of amides is 2. The van der Waals surface area contributed by atoms with Crippen LogP contribution in [-0.4, -0.2) is 96.7 Å². The fourth-order valence-electron chi connectivity index (χ4n) is 5.07. The Bertz CT molecular complexity index is 1090. The average molecular weight is 524 g/mol. The number of hydrogen-bond donors (Lipinski definition) is 5. The SMILES string of the molecule is CNCCNc1cc(C(=O)NCC(O)CN2CCc3ccccc3C2)cc(NC2CCN(C(C)=O)CC2)n1. The van der Waals surface area contributed by atoms with E-state index in [-0.39, 0.29) is 24.4 Å². The van der Waals surface area contributed by atoms with Crippen LogP contribution in [0.3, 0.4) is 0 Å². The minimum absolute atomic E-state index is 0.101. The number of benzene rings is 1. The molecule has 1 atom stereocenters. The van der Waals surface area contributed by atoms with Crippen LogP contribution in [0.4, 0.5) is 11.6 Å². The first kappa shape index (κ1) is 27.8. The zero-order valence-electron chi connectivity index (χ0n) is 22.5. The number of anilines is 2. The minimum atomic E-state index is -0.664. The molecule has 2 amide bonds. The number of β-amino-alcohol motifs (C(OH)–C–C–N with tert-alkyl or cyclic N) is 1. The molecule has 5 N–H and O–H groups in total. The van der Waals surface area contributed by atoms with E-state index < -0.39 is 6.10 Å². The van der Waals surface area contributed by atoms with Crippen LogP contribution in [0.25, 0.3) is 0 Å². The number of fused-ring (bicyclic) bond motifs is 1. The molecule has 1 aromatic carbocycles. The average Bonchev–Trinajstić information content (AvgIpc) is 2.92. The summed E-state index contributed by atoms with van der Waals surface area (Å²) in [6.07, 6.45) is 1.96. The topological polar surface area (TPSA) is 122 Å². The first-order valence-electron chi connectivity index (χ1n) is 13.6. The third-order valence-corrected chi connectivity index (χ3v) is 7.24. The number of aliphatic hydroxyl groups excluding tert-OH is 1. The molecule has 206 valence electrons. The molecule has 10 nitrogen and oxygen atoms in total. The molecular formula is C28H41N7O3. The van der Waals surface area contributed by atoms with Gasteiger partial charge in [0.1, 0.15) is 11.6 Å². The summed E-state index contributed by atoms with van der Waals surface area (Å²) in [7, 11) is 1.88. The van der Waals surface area contributed by atoms with Crippen LogP contribution in [0.15, 0.2) is 36.4 Å². The molecular weight excluding hydrogens is 482 g/mol. The van der Waals surface area contributed by atoms with Gasteiger partial charge in [0.25, 0.3) is 5.91 Å². The zero-order chi connectivity index (χ0) is 26.9. The van der Waals surface area contributed by atoms with Crippen LogP contribution < -0.4 is 21.3 Å². The third-order valence-electron chi connectivity index (χ3n) is 7.24. The molecule has 1 aromatic heterocycles. The van der Waals surface area contributed by atoms with Gasteiger partial charge >= 0.3 is 0 Å². The van der Waals surface area contributed by atoms with Gasteiger partial charge in [-0.3, -0.25) is 14.5 Å². The third kappa shape index (κ3) is 7.89. The summed E-state index contributed by atoms with van der Waals surface area (Å²) < 4.78 is 0. The van der Waals surface area contributed by atoms with Crippen molar-refractivity contribution >= 4 is 23.5 Å². The van der Waals surface area contributed by atoms with Crippen LogP contribution in [0.1, 0.15) is 41.3 Å². The minimum Gasteiger partial charge on any atom is -0.390 e. The predicted molar refractivity (Wildman–Crippen MR) is 149 cm³/mol. The number of aromatic nitrogens is 1. The second kappa shape index (κ2) is 13.5. The van der Waals surface area contributed by atoms with Crippen molar-refractivity contribution in [3.63, 3.8) is 0 Å². The Morgan fingerprint density at radius 3 is 2.55 bits per heavy atom. The quantitative estimate of drug-likeness (QED) is 0.279. The lowest BCUT2D eigenvalue weighted by molar-refractivity contribution is -0.129. The lowest BCUT2D eigenvalue weighted by Gasteiger charge is -2.32. The Morgan fingerprint density at radius 1 is 1.08 bits per heavy atom. The highest BCUT2D eigenvalue weighted by molar-refractivity contribution is 5.95. The molecule has 4 rings (SSSR count). The maximum absolute atomic E-state index is 13.1. The summed E-state index contributed by atoms with van der Waals surface area (Å²) in [6.45, 7) is 6.84. The summed E-state index contributed by atoms with van der Waals surface area (Å²) in [4.78, 5) is 33.5. The number of carbonyl (C=O) groups is 2. The number of likely N-dealkylation sites (N-methyl/N-ethyl adjacent to an activating group) is 1. The van der Waals surface area contributed by atoms with Gasteiger partial charge in [0, 0.05) is 70.9 Å². The Kier molecular flexibility index (Phi) is 9.91. The summed E-state index contributed by atoms with van der Waals surface area (Å²) >= 11 is 0. The molecule has 3 heterocycles. The molecule has 38 heavy (non-hydrogen) atoms. The van der Waals surface area contributed by atoms with Crippen molar-refractivity contribution in [3.8, 4) is 0 Å². The number of likely N-dealkylation sites (tertiary alicyclic amines) is 1. The number of hydrogen-bond acceptors (Lipinski definition) is 8. The van der Waals surface area contributed by atoms with Gasteiger partial charge in [-0.25, -0.2) is 4.98 Å². The molecule has 0 bridgehead atoms. The van der Waals surface area contributed by atoms with E-state index in [1.54, 1.807) is 19.1 Å². The molecule has 2 aliphatic heterocycles. The maximum atomic E-state index is 13.1. The zero-order valence-corrected chi connectivity index (χ0v) is 22.5. The van der Waals surface area contributed by atoms with Crippen molar-refractivity contribution in [1.29, 1.82) is 0 Å². The van der Waals surface area contributed by atoms with Crippen molar-refractivity contribution in [3.05, 3.63) is 53.1 Å². The second-order valence-corrected chi connectivity index (χ2v) is 10.2. The van der Waals surface area contributed by atoms with E-state index in [0.717, 1.165) is 38.9 Å². The largest absolute Gasteiger partial charge is 0.390 e. The van der Waals surface area contributed by atoms with Crippen molar-refractivity contribution in [1.82, 2.24) is 25.4 Å². The van der Waals surface area contributed by atoms with Crippen LogP contribution in [0.2, 0.25) is 0 Å². The number of nitrogens with zero attached hydrogens (tertiary/aromatic N) is 3. The monoisotopic (exact) mass is 523 g/mol. The van der Waals surface area contributed by atoms with E-state index in [4.69, 9.17) is 0 Å². The highest BCUT2D eigenvalue weighted by atomic mass is 16.3. The van der Waals surface area contributed by atoms with Gasteiger partial charge in [-0.2, -0.15) is 0 Å². The first-order chi connectivity index (χ1) is 18.4. The summed E-state index contributed by atoms with van der Waals surface area (Å²) in [5, 5.41) is 23.4. The van der Waals surface area contributed by atoms with E-state index >= 15 is 0 Å². The van der Waals surface area contributed by atoms with Crippen molar-refractivity contribution < 1.29 is 14.7 Å². The van der Waals surface area contributed by atoms with Crippen LogP contribution in [0, 0.1) is 0 Å². The Labute approximate surface area is 225 Å². The summed E-state index contributed by atoms with van der Waals surface area (Å²) in [5.74, 6) is 1.09. The molecule has 0 spiro atoms. The maximum Gasteiger partial charge on any atom is 0.251 e. The van der Waals surface area contributed by atoms with Crippen LogP contribution in [0.5, 0.6) is 0 Å². The molecule has 0 radical (unpaired) electrons. The summed E-state index contributed by atoms with van der Waals surface area (Å²) in [6, 6.07) is 12.1. The Morgan fingerprint density at radius 2 is 1.82 bits per heavy atom. The lowest BCUT2D eigenvalue weighted by atomic mass is 10.00. The molecule has 0 saturated carbocycles. The number of piperidine rings is 1. The fraction of sp³-hybridized carbons (Fsp3) is 0.536. The highest BCUT2D eigenvalue weighted by Crippen LogP contribution is 2.20. The van der Waals surface area contributed by atoms with E-state index in [0.29, 0.717) is 43.4 Å². The number of pyridine rings is 1. The van der Waals surface area contributed by atoms with Gasteiger partial charge in [0.05, 0.1) is 6.10 Å². The Balaban J connectivity index is 1.33. The van der Waals surface area contributed by atoms with Crippen molar-refractivity contribution in [2.24, 2.45) is 0 Å². The van der Waals surface area contributed by atoms with Gasteiger partial charge in [-0.1, -0.05) is 24.3 Å².